The highest BCUT2D eigenvalue weighted by molar-refractivity contribution is 5.94. The third kappa shape index (κ3) is 3.54. The summed E-state index contributed by atoms with van der Waals surface area (Å²) in [6.45, 7) is 3.20. The second-order valence-corrected chi connectivity index (χ2v) is 4.18. The topological polar surface area (TPSA) is 85.8 Å². The lowest BCUT2D eigenvalue weighted by Gasteiger charge is -2.07. The van der Waals surface area contributed by atoms with Gasteiger partial charge in [-0.05, 0) is 18.6 Å². The van der Waals surface area contributed by atoms with Crippen LogP contribution in [0.2, 0.25) is 0 Å². The Kier molecular flexibility index (Phi) is 4.12. The second kappa shape index (κ2) is 5.99. The van der Waals surface area contributed by atoms with Crippen LogP contribution in [0, 0.1) is 0 Å². The molecule has 6 nitrogen and oxygen atoms in total. The first kappa shape index (κ1) is 13.1. The molecular weight excluding hydrogens is 242 g/mol. The number of carbonyl (C=O) groups is 1. The zero-order chi connectivity index (χ0) is 13.7. The van der Waals surface area contributed by atoms with E-state index in [9.17, 15) is 4.79 Å². The van der Waals surface area contributed by atoms with Crippen LogP contribution in [0.4, 0.5) is 5.82 Å². The average Bonchev–Trinajstić information content (AvgIpc) is 2.91. The SMILES string of the molecule is CCc1cc(C(=O)NCCn2ccnc2)cc(N)n1. The fraction of sp³-hybridized carbons (Fsp3) is 0.308. The van der Waals surface area contributed by atoms with Crippen molar-refractivity contribution >= 4 is 11.7 Å². The molecule has 1 amide bonds. The fourth-order valence-corrected chi connectivity index (χ4v) is 1.74. The van der Waals surface area contributed by atoms with Crippen LogP contribution >= 0.6 is 0 Å². The van der Waals surface area contributed by atoms with Gasteiger partial charge in [0.15, 0.2) is 0 Å². The molecule has 0 saturated heterocycles. The second-order valence-electron chi connectivity index (χ2n) is 4.18. The van der Waals surface area contributed by atoms with Gasteiger partial charge in [0.25, 0.3) is 5.91 Å². The summed E-state index contributed by atoms with van der Waals surface area (Å²) >= 11 is 0. The molecule has 0 atom stereocenters. The number of nitrogens with two attached hydrogens (primary N) is 1. The third-order valence-electron chi connectivity index (χ3n) is 2.74. The van der Waals surface area contributed by atoms with Gasteiger partial charge in [-0.2, -0.15) is 0 Å². The van der Waals surface area contributed by atoms with Crippen molar-refractivity contribution in [2.45, 2.75) is 19.9 Å². The van der Waals surface area contributed by atoms with Gasteiger partial charge in [-0.25, -0.2) is 9.97 Å². The highest BCUT2D eigenvalue weighted by atomic mass is 16.1. The van der Waals surface area contributed by atoms with Crippen LogP contribution < -0.4 is 11.1 Å². The van der Waals surface area contributed by atoms with E-state index in [2.05, 4.69) is 15.3 Å². The highest BCUT2D eigenvalue weighted by Gasteiger charge is 2.07. The van der Waals surface area contributed by atoms with E-state index >= 15 is 0 Å². The van der Waals surface area contributed by atoms with Crippen molar-refractivity contribution in [2.75, 3.05) is 12.3 Å². The number of nitrogen functional groups attached to an aromatic ring is 1. The number of hydrogen-bond donors (Lipinski definition) is 2. The maximum Gasteiger partial charge on any atom is 0.251 e. The average molecular weight is 259 g/mol. The summed E-state index contributed by atoms with van der Waals surface area (Å²) in [4.78, 5) is 20.1. The minimum absolute atomic E-state index is 0.135. The normalized spacial score (nSPS) is 10.4. The van der Waals surface area contributed by atoms with Gasteiger partial charge < -0.3 is 15.6 Å². The van der Waals surface area contributed by atoms with Crippen LogP contribution in [0.5, 0.6) is 0 Å². The number of pyridine rings is 1. The van der Waals surface area contributed by atoms with E-state index in [1.807, 2.05) is 17.7 Å². The Hall–Kier alpha value is -2.37. The Balaban J connectivity index is 1.94. The number of hydrogen-bond acceptors (Lipinski definition) is 4. The number of aromatic nitrogens is 3. The number of imidazole rings is 1. The smallest absolute Gasteiger partial charge is 0.251 e. The van der Waals surface area contributed by atoms with Gasteiger partial charge >= 0.3 is 0 Å². The first-order valence-electron chi connectivity index (χ1n) is 6.19. The first-order chi connectivity index (χ1) is 9.19. The standard InChI is InChI=1S/C13H17N5O/c1-2-11-7-10(8-12(14)17-11)13(19)16-4-6-18-5-3-15-9-18/h3,5,7-9H,2,4,6H2,1H3,(H2,14,17)(H,16,19). The van der Waals surface area contributed by atoms with Crippen molar-refractivity contribution in [1.82, 2.24) is 19.9 Å². The lowest BCUT2D eigenvalue weighted by Crippen LogP contribution is -2.27. The molecule has 2 aromatic rings. The predicted octanol–water partition coefficient (Wildman–Crippen LogP) is 0.853. The Bertz CT molecular complexity index is 550. The molecule has 6 heteroatoms. The van der Waals surface area contributed by atoms with Crippen molar-refractivity contribution in [1.29, 1.82) is 0 Å². The number of nitrogens with zero attached hydrogens (tertiary/aromatic N) is 3. The quantitative estimate of drug-likeness (QED) is 0.833. The van der Waals surface area contributed by atoms with Crippen LogP contribution in [0.1, 0.15) is 23.0 Å². The maximum atomic E-state index is 12.0. The molecule has 0 aliphatic rings. The van der Waals surface area contributed by atoms with Gasteiger partial charge in [-0.1, -0.05) is 6.92 Å². The molecule has 0 unspecified atom stereocenters. The van der Waals surface area contributed by atoms with E-state index in [1.165, 1.54) is 0 Å². The number of aryl methyl sites for hydroxylation is 1. The zero-order valence-electron chi connectivity index (χ0n) is 10.8. The Morgan fingerprint density at radius 1 is 1.47 bits per heavy atom. The summed E-state index contributed by atoms with van der Waals surface area (Å²) in [5.74, 6) is 0.239. The van der Waals surface area contributed by atoms with E-state index in [4.69, 9.17) is 5.73 Å². The van der Waals surface area contributed by atoms with Crippen molar-refractivity contribution in [3.63, 3.8) is 0 Å². The largest absolute Gasteiger partial charge is 0.384 e. The van der Waals surface area contributed by atoms with Crippen molar-refractivity contribution in [3.05, 3.63) is 42.1 Å². The summed E-state index contributed by atoms with van der Waals surface area (Å²) in [6, 6.07) is 3.36. The van der Waals surface area contributed by atoms with E-state index in [1.54, 1.807) is 24.7 Å². The molecule has 2 heterocycles. The van der Waals surface area contributed by atoms with Gasteiger partial charge in [0.1, 0.15) is 5.82 Å². The van der Waals surface area contributed by atoms with Gasteiger partial charge in [-0.3, -0.25) is 4.79 Å². The summed E-state index contributed by atoms with van der Waals surface area (Å²) in [6.07, 6.45) is 6.02. The first-order valence-corrected chi connectivity index (χ1v) is 6.19. The van der Waals surface area contributed by atoms with Crippen molar-refractivity contribution in [2.24, 2.45) is 0 Å². The molecule has 0 saturated carbocycles. The van der Waals surface area contributed by atoms with Crippen LogP contribution in [0.3, 0.4) is 0 Å². The fourth-order valence-electron chi connectivity index (χ4n) is 1.74. The third-order valence-corrected chi connectivity index (χ3v) is 2.74. The number of carbonyl (C=O) groups excluding carboxylic acids is 1. The van der Waals surface area contributed by atoms with Crippen LogP contribution in [0.15, 0.2) is 30.9 Å². The van der Waals surface area contributed by atoms with Crippen molar-refractivity contribution < 1.29 is 4.79 Å². The van der Waals surface area contributed by atoms with E-state index in [0.29, 0.717) is 24.5 Å². The van der Waals surface area contributed by atoms with E-state index in [0.717, 1.165) is 12.1 Å². The molecule has 0 radical (unpaired) electrons. The number of nitrogens with one attached hydrogen (secondary N) is 1. The molecule has 0 fully saturated rings. The van der Waals surface area contributed by atoms with Crippen LogP contribution in [0.25, 0.3) is 0 Å². The summed E-state index contributed by atoms with van der Waals surface area (Å²) in [5, 5.41) is 2.84. The number of anilines is 1. The molecule has 100 valence electrons. The molecule has 2 aromatic heterocycles. The van der Waals surface area contributed by atoms with Gasteiger partial charge in [0, 0.05) is 36.7 Å². The molecule has 0 aliphatic heterocycles. The molecular formula is C13H17N5O. The molecule has 0 spiro atoms. The molecule has 2 rings (SSSR count). The lowest BCUT2D eigenvalue weighted by atomic mass is 10.2. The monoisotopic (exact) mass is 259 g/mol. The van der Waals surface area contributed by atoms with Gasteiger partial charge in [0.05, 0.1) is 6.33 Å². The minimum atomic E-state index is -0.135. The predicted molar refractivity (Wildman–Crippen MR) is 72.6 cm³/mol. The van der Waals surface area contributed by atoms with E-state index < -0.39 is 0 Å². The highest BCUT2D eigenvalue weighted by Crippen LogP contribution is 2.08. The summed E-state index contributed by atoms with van der Waals surface area (Å²) < 4.78 is 1.90. The lowest BCUT2D eigenvalue weighted by molar-refractivity contribution is 0.0952. The van der Waals surface area contributed by atoms with Crippen LogP contribution in [-0.2, 0) is 13.0 Å². The molecule has 19 heavy (non-hydrogen) atoms. The molecule has 0 aliphatic carbocycles. The summed E-state index contributed by atoms with van der Waals surface area (Å²) in [7, 11) is 0. The van der Waals surface area contributed by atoms with Crippen LogP contribution in [-0.4, -0.2) is 27.0 Å². The number of amides is 1. The Labute approximate surface area is 111 Å². The summed E-state index contributed by atoms with van der Waals surface area (Å²) in [5.41, 5.74) is 7.05. The number of rotatable bonds is 5. The Morgan fingerprint density at radius 3 is 3.00 bits per heavy atom. The molecule has 0 aromatic carbocycles. The minimum Gasteiger partial charge on any atom is -0.384 e. The van der Waals surface area contributed by atoms with Gasteiger partial charge in [0.2, 0.25) is 0 Å². The van der Waals surface area contributed by atoms with E-state index in [-0.39, 0.29) is 5.91 Å². The Morgan fingerprint density at radius 2 is 2.32 bits per heavy atom. The molecule has 0 bridgehead atoms. The van der Waals surface area contributed by atoms with Gasteiger partial charge in [-0.15, -0.1) is 0 Å². The maximum absolute atomic E-state index is 12.0. The zero-order valence-corrected chi connectivity index (χ0v) is 10.8. The van der Waals surface area contributed by atoms with Crippen molar-refractivity contribution in [3.8, 4) is 0 Å². The molecule has 3 N–H and O–H groups in total.